The number of carboxylic acids is 1. The monoisotopic (exact) mass is 241 g/mol. The lowest BCUT2D eigenvalue weighted by Gasteiger charge is -2.24. The second-order valence-electron chi connectivity index (χ2n) is 4.33. The number of hydrogen-bond acceptors (Lipinski definition) is 3. The van der Waals surface area contributed by atoms with Crippen LogP contribution in [0, 0.1) is 5.92 Å². The quantitative estimate of drug-likeness (QED) is 0.669. The molecule has 17 heavy (non-hydrogen) atoms. The predicted molar refractivity (Wildman–Crippen MR) is 62.4 cm³/mol. The smallest absolute Gasteiger partial charge is 0.307 e. The van der Waals surface area contributed by atoms with Gasteiger partial charge in [0, 0.05) is 13.0 Å². The molecule has 0 radical (unpaired) electrons. The average Bonchev–Trinajstić information content (AvgIpc) is 2.76. The topological polar surface area (TPSA) is 77.8 Å². The number of rotatable bonds is 6. The highest BCUT2D eigenvalue weighted by atomic mass is 16.4. The summed E-state index contributed by atoms with van der Waals surface area (Å²) in [5.41, 5.74) is 0. The minimum absolute atomic E-state index is 0.0160. The molecule has 0 aromatic carbocycles. The van der Waals surface area contributed by atoms with Crippen LogP contribution in [-0.2, 0) is 9.59 Å². The van der Waals surface area contributed by atoms with Crippen LogP contribution >= 0.6 is 0 Å². The van der Waals surface area contributed by atoms with Crippen LogP contribution in [0.5, 0.6) is 0 Å². The first-order chi connectivity index (χ1) is 8.10. The zero-order valence-corrected chi connectivity index (χ0v) is 9.84. The molecule has 0 aliphatic carbocycles. The lowest BCUT2D eigenvalue weighted by atomic mass is 10.0. The fourth-order valence-corrected chi connectivity index (χ4v) is 2.15. The summed E-state index contributed by atoms with van der Waals surface area (Å²) in [7, 11) is 0. The second kappa shape index (κ2) is 6.39. The molecule has 0 saturated carbocycles. The van der Waals surface area contributed by atoms with Crippen LogP contribution in [0.4, 0.5) is 0 Å². The van der Waals surface area contributed by atoms with Crippen LogP contribution in [0.25, 0.3) is 0 Å². The first-order valence-corrected chi connectivity index (χ1v) is 5.84. The third-order valence-electron chi connectivity index (χ3n) is 3.13. The SMILES string of the molecule is C=CC[C@H](CC(=O)N1CCC[C@H]1CO)C(=O)O. The lowest BCUT2D eigenvalue weighted by Crippen LogP contribution is -2.39. The standard InChI is InChI=1S/C12H19NO4/c1-2-4-9(12(16)17)7-11(15)13-6-3-5-10(13)8-14/h2,9-10,14H,1,3-8H2,(H,16,17)/t9-,10+/m1/s1. The highest BCUT2D eigenvalue weighted by Gasteiger charge is 2.30. The molecule has 1 saturated heterocycles. The van der Waals surface area contributed by atoms with Crippen LogP contribution < -0.4 is 0 Å². The molecule has 1 aliphatic heterocycles. The van der Waals surface area contributed by atoms with E-state index in [1.807, 2.05) is 0 Å². The third-order valence-corrected chi connectivity index (χ3v) is 3.13. The van der Waals surface area contributed by atoms with Gasteiger partial charge in [-0.05, 0) is 19.3 Å². The van der Waals surface area contributed by atoms with E-state index in [-0.39, 0.29) is 25.0 Å². The molecular formula is C12H19NO4. The van der Waals surface area contributed by atoms with Crippen molar-refractivity contribution in [2.75, 3.05) is 13.2 Å². The molecule has 1 fully saturated rings. The Morgan fingerprint density at radius 3 is 2.76 bits per heavy atom. The molecule has 1 aliphatic rings. The summed E-state index contributed by atoms with van der Waals surface area (Å²) in [6.07, 6.45) is 3.45. The number of carboxylic acid groups (broad SMARTS) is 1. The number of likely N-dealkylation sites (tertiary alicyclic amines) is 1. The van der Waals surface area contributed by atoms with Crippen molar-refractivity contribution in [1.29, 1.82) is 0 Å². The van der Waals surface area contributed by atoms with E-state index in [2.05, 4.69) is 6.58 Å². The van der Waals surface area contributed by atoms with Crippen molar-refractivity contribution in [2.24, 2.45) is 5.92 Å². The highest BCUT2D eigenvalue weighted by molar-refractivity contribution is 5.82. The zero-order chi connectivity index (χ0) is 12.8. The average molecular weight is 241 g/mol. The Balaban J connectivity index is 2.57. The molecule has 0 aromatic heterocycles. The first kappa shape index (κ1) is 13.7. The molecule has 0 unspecified atom stereocenters. The Labute approximate surface area is 101 Å². The van der Waals surface area contributed by atoms with Gasteiger partial charge in [-0.2, -0.15) is 0 Å². The molecule has 2 N–H and O–H groups in total. The summed E-state index contributed by atoms with van der Waals surface area (Å²) in [6.45, 7) is 4.06. The molecular weight excluding hydrogens is 222 g/mol. The van der Waals surface area contributed by atoms with E-state index in [0.29, 0.717) is 13.0 Å². The van der Waals surface area contributed by atoms with Crippen LogP contribution in [0.1, 0.15) is 25.7 Å². The molecule has 2 atom stereocenters. The van der Waals surface area contributed by atoms with Crippen molar-refractivity contribution in [3.8, 4) is 0 Å². The van der Waals surface area contributed by atoms with E-state index in [0.717, 1.165) is 12.8 Å². The minimum Gasteiger partial charge on any atom is -0.481 e. The number of aliphatic carboxylic acids is 1. The van der Waals surface area contributed by atoms with Gasteiger partial charge in [-0.25, -0.2) is 0 Å². The number of amides is 1. The Morgan fingerprint density at radius 2 is 2.24 bits per heavy atom. The van der Waals surface area contributed by atoms with E-state index >= 15 is 0 Å². The molecule has 5 heteroatoms. The Bertz CT molecular complexity index is 303. The lowest BCUT2D eigenvalue weighted by molar-refractivity contribution is -0.146. The summed E-state index contributed by atoms with van der Waals surface area (Å²) < 4.78 is 0. The Kier molecular flexibility index (Phi) is 5.15. The molecule has 1 rings (SSSR count). The van der Waals surface area contributed by atoms with E-state index in [4.69, 9.17) is 10.2 Å². The summed E-state index contributed by atoms with van der Waals surface area (Å²) >= 11 is 0. The van der Waals surface area contributed by atoms with E-state index in [1.165, 1.54) is 6.08 Å². The van der Waals surface area contributed by atoms with Crippen LogP contribution in [0.15, 0.2) is 12.7 Å². The molecule has 0 aromatic rings. The maximum atomic E-state index is 11.9. The van der Waals surface area contributed by atoms with Crippen molar-refractivity contribution in [1.82, 2.24) is 4.90 Å². The van der Waals surface area contributed by atoms with Gasteiger partial charge in [-0.3, -0.25) is 9.59 Å². The van der Waals surface area contributed by atoms with Gasteiger partial charge in [0.2, 0.25) is 5.91 Å². The molecule has 5 nitrogen and oxygen atoms in total. The van der Waals surface area contributed by atoms with Crippen molar-refractivity contribution >= 4 is 11.9 Å². The third kappa shape index (κ3) is 3.56. The second-order valence-corrected chi connectivity index (χ2v) is 4.33. The molecule has 0 spiro atoms. The van der Waals surface area contributed by atoms with Gasteiger partial charge < -0.3 is 15.1 Å². The first-order valence-electron chi connectivity index (χ1n) is 5.84. The number of aliphatic hydroxyl groups is 1. The van der Waals surface area contributed by atoms with Gasteiger partial charge in [0.1, 0.15) is 0 Å². The van der Waals surface area contributed by atoms with E-state index < -0.39 is 11.9 Å². The van der Waals surface area contributed by atoms with Gasteiger partial charge in [-0.1, -0.05) is 6.08 Å². The summed E-state index contributed by atoms with van der Waals surface area (Å²) in [5.74, 6) is -1.87. The maximum absolute atomic E-state index is 11.9. The van der Waals surface area contributed by atoms with Crippen molar-refractivity contribution in [3.63, 3.8) is 0 Å². The largest absolute Gasteiger partial charge is 0.481 e. The molecule has 0 bridgehead atoms. The van der Waals surface area contributed by atoms with Crippen molar-refractivity contribution in [3.05, 3.63) is 12.7 Å². The number of carbonyl (C=O) groups excluding carboxylic acids is 1. The molecule has 1 heterocycles. The Morgan fingerprint density at radius 1 is 1.53 bits per heavy atom. The van der Waals surface area contributed by atoms with Crippen molar-refractivity contribution < 1.29 is 19.8 Å². The van der Waals surface area contributed by atoms with Crippen LogP contribution in [0.3, 0.4) is 0 Å². The molecule has 1 amide bonds. The van der Waals surface area contributed by atoms with Gasteiger partial charge in [0.15, 0.2) is 0 Å². The highest BCUT2D eigenvalue weighted by Crippen LogP contribution is 2.20. The van der Waals surface area contributed by atoms with Crippen LogP contribution in [-0.4, -0.2) is 46.2 Å². The number of allylic oxidation sites excluding steroid dienone is 1. The zero-order valence-electron chi connectivity index (χ0n) is 9.84. The fraction of sp³-hybridized carbons (Fsp3) is 0.667. The van der Waals surface area contributed by atoms with Gasteiger partial charge in [0.05, 0.1) is 18.6 Å². The Hall–Kier alpha value is -1.36. The summed E-state index contributed by atoms with van der Waals surface area (Å²) in [4.78, 5) is 24.4. The predicted octanol–water partition coefficient (Wildman–Crippen LogP) is 0.637. The molecule has 96 valence electrons. The number of hydrogen-bond donors (Lipinski definition) is 2. The van der Waals surface area contributed by atoms with E-state index in [9.17, 15) is 9.59 Å². The summed E-state index contributed by atoms with van der Waals surface area (Å²) in [5, 5.41) is 18.1. The maximum Gasteiger partial charge on any atom is 0.307 e. The normalized spacial score (nSPS) is 21.2. The fourth-order valence-electron chi connectivity index (χ4n) is 2.15. The van der Waals surface area contributed by atoms with Crippen LogP contribution in [0.2, 0.25) is 0 Å². The van der Waals surface area contributed by atoms with Gasteiger partial charge in [0.25, 0.3) is 0 Å². The number of aliphatic hydroxyl groups excluding tert-OH is 1. The number of carbonyl (C=O) groups is 2. The van der Waals surface area contributed by atoms with Gasteiger partial charge >= 0.3 is 5.97 Å². The van der Waals surface area contributed by atoms with E-state index in [1.54, 1.807) is 4.90 Å². The van der Waals surface area contributed by atoms with Gasteiger partial charge in [-0.15, -0.1) is 6.58 Å². The minimum atomic E-state index is -0.974. The number of nitrogens with zero attached hydrogens (tertiary/aromatic N) is 1. The van der Waals surface area contributed by atoms with Crippen molar-refractivity contribution in [2.45, 2.75) is 31.7 Å². The summed E-state index contributed by atoms with van der Waals surface area (Å²) in [6, 6.07) is -0.138.